The van der Waals surface area contributed by atoms with E-state index in [9.17, 15) is 8.42 Å². The molecule has 7 aromatic carbocycles. The van der Waals surface area contributed by atoms with Crippen molar-refractivity contribution in [3.63, 3.8) is 0 Å². The van der Waals surface area contributed by atoms with Crippen LogP contribution in [0.2, 0.25) is 0 Å². The van der Waals surface area contributed by atoms with Gasteiger partial charge in [-0.2, -0.15) is 0 Å². The van der Waals surface area contributed by atoms with Crippen LogP contribution in [0.25, 0.3) is 0 Å². The van der Waals surface area contributed by atoms with Crippen molar-refractivity contribution in [2.24, 2.45) is 0 Å². The Bertz CT molecular complexity index is 2200. The number of hydrogen-bond acceptors (Lipinski definition) is 5. The number of fused-ring (bicyclic) bond motifs is 2. The zero-order chi connectivity index (χ0) is 33.4. The number of hydrogen-bond donors (Lipinski definition) is 0. The molecule has 0 spiro atoms. The first-order chi connectivity index (χ1) is 24.0. The molecular weight excluding hydrogens is 644 g/mol. The molecule has 1 aliphatic rings. The summed E-state index contributed by atoms with van der Waals surface area (Å²) in [5, 5.41) is 1.21. The first kappa shape index (κ1) is 30.6. The Hall–Kier alpha value is -5.68. The zero-order valence-corrected chi connectivity index (χ0v) is 28.1. The Kier molecular flexibility index (Phi) is 7.76. The second kappa shape index (κ2) is 12.4. The van der Waals surface area contributed by atoms with Crippen molar-refractivity contribution in [3.05, 3.63) is 188 Å². The van der Waals surface area contributed by atoms with Crippen LogP contribution in [-0.4, -0.2) is 8.42 Å². The maximum Gasteiger partial charge on any atom is 0.208 e. The fraction of sp³-hybridized carbons (Fsp3) is 0. The molecule has 1 heterocycles. The summed E-state index contributed by atoms with van der Waals surface area (Å²) in [7, 11) is -7.78. The van der Waals surface area contributed by atoms with Gasteiger partial charge >= 0.3 is 0 Å². The SMILES string of the molecule is O=P1(c2ccccc2)c2ccc(N(c3ccccc3)c3ccccc3)cc2S(=O)(=O)c2cc(N(c3ccccc3)c3ccccc3)ccc21. The highest BCUT2D eigenvalue weighted by Crippen LogP contribution is 2.52. The summed E-state index contributed by atoms with van der Waals surface area (Å²) in [6.07, 6.45) is 0. The van der Waals surface area contributed by atoms with Gasteiger partial charge < -0.3 is 14.4 Å². The Morgan fingerprint density at radius 2 is 0.673 bits per heavy atom. The summed E-state index contributed by atoms with van der Waals surface area (Å²) in [6.45, 7) is 0. The van der Waals surface area contributed by atoms with Gasteiger partial charge in [-0.1, -0.05) is 103 Å². The summed E-state index contributed by atoms with van der Waals surface area (Å²) in [5.41, 5.74) is 4.78. The Morgan fingerprint density at radius 1 is 0.367 bits per heavy atom. The van der Waals surface area contributed by atoms with Crippen molar-refractivity contribution in [3.8, 4) is 0 Å². The molecule has 0 N–H and O–H groups in total. The highest BCUT2D eigenvalue weighted by Gasteiger charge is 2.45. The van der Waals surface area contributed by atoms with Crippen LogP contribution in [-0.2, 0) is 14.4 Å². The number of para-hydroxylation sites is 4. The molecule has 0 saturated heterocycles. The van der Waals surface area contributed by atoms with Crippen molar-refractivity contribution in [2.75, 3.05) is 9.80 Å². The van der Waals surface area contributed by atoms with E-state index in [1.54, 1.807) is 24.3 Å². The van der Waals surface area contributed by atoms with Gasteiger partial charge in [0.25, 0.3) is 0 Å². The van der Waals surface area contributed by atoms with E-state index in [1.165, 1.54) is 0 Å². The van der Waals surface area contributed by atoms with Gasteiger partial charge in [0.2, 0.25) is 9.84 Å². The summed E-state index contributed by atoms with van der Waals surface area (Å²) in [4.78, 5) is 4.12. The van der Waals surface area contributed by atoms with Crippen LogP contribution in [0, 0.1) is 0 Å². The molecule has 0 atom stereocenters. The van der Waals surface area contributed by atoms with Crippen LogP contribution in [0.5, 0.6) is 0 Å². The van der Waals surface area contributed by atoms with E-state index in [4.69, 9.17) is 0 Å². The topological polar surface area (TPSA) is 57.7 Å². The van der Waals surface area contributed by atoms with Gasteiger partial charge in [0.15, 0.2) is 7.14 Å². The molecule has 49 heavy (non-hydrogen) atoms. The molecule has 8 rings (SSSR count). The number of rotatable bonds is 7. The van der Waals surface area contributed by atoms with Gasteiger partial charge in [-0.25, -0.2) is 8.42 Å². The lowest BCUT2D eigenvalue weighted by molar-refractivity contribution is 0.585. The molecule has 0 saturated carbocycles. The van der Waals surface area contributed by atoms with Gasteiger partial charge in [0.05, 0.1) is 9.79 Å². The molecule has 0 aromatic heterocycles. The third-order valence-electron chi connectivity index (χ3n) is 8.84. The van der Waals surface area contributed by atoms with Crippen LogP contribution in [0.1, 0.15) is 0 Å². The van der Waals surface area contributed by atoms with Crippen LogP contribution < -0.4 is 25.7 Å². The molecule has 0 radical (unpaired) electrons. The molecule has 238 valence electrons. The third kappa shape index (κ3) is 5.26. The number of sulfone groups is 1. The maximum absolute atomic E-state index is 15.7. The molecule has 0 bridgehead atoms. The highest BCUT2D eigenvalue weighted by atomic mass is 32.2. The van der Waals surface area contributed by atoms with E-state index in [-0.39, 0.29) is 9.79 Å². The molecule has 0 aliphatic carbocycles. The monoisotopic (exact) mass is 674 g/mol. The fourth-order valence-electron chi connectivity index (χ4n) is 6.60. The zero-order valence-electron chi connectivity index (χ0n) is 26.4. The number of benzene rings is 7. The molecule has 0 unspecified atom stereocenters. The molecule has 1 aliphatic heterocycles. The van der Waals surface area contributed by atoms with Crippen molar-refractivity contribution in [2.45, 2.75) is 9.79 Å². The first-order valence-corrected chi connectivity index (χ1v) is 19.2. The molecule has 0 fully saturated rings. The lowest BCUT2D eigenvalue weighted by Crippen LogP contribution is -2.36. The van der Waals surface area contributed by atoms with Crippen LogP contribution in [0.4, 0.5) is 34.1 Å². The Balaban J connectivity index is 1.38. The van der Waals surface area contributed by atoms with Gasteiger partial charge in [0, 0.05) is 50.0 Å². The standard InChI is InChI=1S/C42H31N2O3PS/c45-48(38-24-14-5-15-25-38)39-28-26-36(43(32-16-6-1-7-17-32)33-18-8-2-9-19-33)30-41(39)49(46,47)42-31-37(27-29-40(42)48)44(34-20-10-3-11-21-34)35-22-12-4-13-23-35/h1-31H. The van der Waals surface area contributed by atoms with Gasteiger partial charge in [-0.05, 0) is 84.9 Å². The van der Waals surface area contributed by atoms with Crippen LogP contribution >= 0.6 is 7.14 Å². The number of nitrogens with zero attached hydrogens (tertiary/aromatic N) is 2. The lowest BCUT2D eigenvalue weighted by Gasteiger charge is -2.32. The van der Waals surface area contributed by atoms with Crippen molar-refractivity contribution < 1.29 is 13.0 Å². The molecular formula is C42H31N2O3PS. The highest BCUT2D eigenvalue weighted by molar-refractivity contribution is 7.96. The third-order valence-corrected chi connectivity index (χ3v) is 14.1. The van der Waals surface area contributed by atoms with E-state index >= 15 is 4.57 Å². The second-order valence-electron chi connectivity index (χ2n) is 11.8. The quantitative estimate of drug-likeness (QED) is 0.158. The summed E-state index contributed by atoms with van der Waals surface area (Å²) in [5.74, 6) is 0. The minimum absolute atomic E-state index is 0.0460. The summed E-state index contributed by atoms with van der Waals surface area (Å²) in [6, 6.07) is 59.1. The molecule has 7 aromatic rings. The first-order valence-electron chi connectivity index (χ1n) is 16.0. The van der Waals surface area contributed by atoms with E-state index in [0.717, 1.165) is 22.7 Å². The van der Waals surface area contributed by atoms with Crippen molar-refractivity contribution in [1.29, 1.82) is 0 Å². The average Bonchev–Trinajstić information content (AvgIpc) is 3.16. The van der Waals surface area contributed by atoms with E-state index in [0.29, 0.717) is 27.3 Å². The number of anilines is 6. The van der Waals surface area contributed by atoms with Gasteiger partial charge in [-0.15, -0.1) is 0 Å². The van der Waals surface area contributed by atoms with E-state index in [1.807, 2.05) is 174 Å². The smallest absolute Gasteiger partial charge is 0.208 e. The second-order valence-corrected chi connectivity index (χ2v) is 16.4. The summed E-state index contributed by atoms with van der Waals surface area (Å²) >= 11 is 0. The van der Waals surface area contributed by atoms with E-state index < -0.39 is 17.0 Å². The molecule has 5 nitrogen and oxygen atoms in total. The Labute approximate surface area is 286 Å². The fourth-order valence-corrected chi connectivity index (χ4v) is 12.3. The van der Waals surface area contributed by atoms with Gasteiger partial charge in [-0.3, -0.25) is 0 Å². The average molecular weight is 675 g/mol. The minimum Gasteiger partial charge on any atom is -0.310 e. The normalized spacial score (nSPS) is 13.9. The van der Waals surface area contributed by atoms with Crippen molar-refractivity contribution >= 4 is 67.0 Å². The van der Waals surface area contributed by atoms with Crippen LogP contribution in [0.15, 0.2) is 198 Å². The largest absolute Gasteiger partial charge is 0.310 e. The maximum atomic E-state index is 15.7. The predicted molar refractivity (Wildman–Crippen MR) is 201 cm³/mol. The minimum atomic E-state index is -4.15. The summed E-state index contributed by atoms with van der Waals surface area (Å²) < 4.78 is 45.6. The lowest BCUT2D eigenvalue weighted by atomic mass is 10.2. The van der Waals surface area contributed by atoms with E-state index in [2.05, 4.69) is 0 Å². The molecule has 7 heteroatoms. The van der Waals surface area contributed by atoms with Crippen molar-refractivity contribution in [1.82, 2.24) is 0 Å². The van der Waals surface area contributed by atoms with Crippen LogP contribution in [0.3, 0.4) is 0 Å². The van der Waals surface area contributed by atoms with Gasteiger partial charge in [0.1, 0.15) is 0 Å². The predicted octanol–water partition coefficient (Wildman–Crippen LogP) is 9.41. The Morgan fingerprint density at radius 3 is 1.00 bits per heavy atom. The molecule has 0 amide bonds.